The van der Waals surface area contributed by atoms with Crippen molar-refractivity contribution in [3.05, 3.63) is 80.8 Å². The van der Waals surface area contributed by atoms with Crippen molar-refractivity contribution in [3.8, 4) is 22.3 Å². The van der Waals surface area contributed by atoms with Crippen molar-refractivity contribution in [1.82, 2.24) is 0 Å². The van der Waals surface area contributed by atoms with Gasteiger partial charge in [0.2, 0.25) is 11.8 Å². The van der Waals surface area contributed by atoms with E-state index >= 15 is 0 Å². The topological polar surface area (TPSA) is 110 Å². The monoisotopic (exact) mass is 618 g/mol. The lowest BCUT2D eigenvalue weighted by molar-refractivity contribution is -0.115. The van der Waals surface area contributed by atoms with E-state index in [1.807, 2.05) is 0 Å². The molecule has 0 aliphatic carbocycles. The zero-order valence-corrected chi connectivity index (χ0v) is 24.5. The van der Waals surface area contributed by atoms with Crippen LogP contribution in [-0.2, 0) is 9.59 Å². The van der Waals surface area contributed by atoms with E-state index in [0.717, 1.165) is 0 Å². The predicted molar refractivity (Wildman–Crippen MR) is 165 cm³/mol. The van der Waals surface area contributed by atoms with Gasteiger partial charge in [0.25, 0.3) is 0 Å². The number of carbonyl (C=O) groups is 2. The number of rotatable bonds is 6. The van der Waals surface area contributed by atoms with Crippen LogP contribution in [0, 0.1) is 0 Å². The molecule has 0 saturated heterocycles. The van der Waals surface area contributed by atoms with Gasteiger partial charge in [-0.3, -0.25) is 9.59 Å². The zero-order valence-electron chi connectivity index (χ0n) is 20.7. The van der Waals surface area contributed by atoms with E-state index in [1.54, 1.807) is 60.7 Å². The summed E-state index contributed by atoms with van der Waals surface area (Å²) in [6.45, 7) is 2.82. The molecule has 11 heteroatoms. The molecule has 0 spiro atoms. The second-order valence-corrected chi connectivity index (χ2v) is 11.2. The molecule has 0 unspecified atom stereocenters. The average Bonchev–Trinajstić information content (AvgIpc) is 2.84. The van der Waals surface area contributed by atoms with Gasteiger partial charge < -0.3 is 22.1 Å². The van der Waals surface area contributed by atoms with Gasteiger partial charge >= 0.3 is 0 Å². The quantitative estimate of drug-likeness (QED) is 0.161. The highest BCUT2D eigenvalue weighted by atomic mass is 35.5. The molecule has 0 radical (unpaired) electrons. The van der Waals surface area contributed by atoms with E-state index < -0.39 is 0 Å². The number of hydrogen-bond donors (Lipinski definition) is 4. The van der Waals surface area contributed by atoms with Crippen LogP contribution in [0.2, 0.25) is 20.1 Å². The van der Waals surface area contributed by atoms with Crippen molar-refractivity contribution in [1.29, 1.82) is 0 Å². The van der Waals surface area contributed by atoms with Crippen LogP contribution in [0.5, 0.6) is 0 Å². The Kier molecular flexibility index (Phi) is 8.89. The molecule has 0 fully saturated rings. The van der Waals surface area contributed by atoms with Gasteiger partial charge in [0.15, 0.2) is 0 Å². The molecule has 0 aliphatic heterocycles. The van der Waals surface area contributed by atoms with Gasteiger partial charge in [0.1, 0.15) is 0 Å². The minimum Gasteiger partial charge on any atom is -0.399 e. The largest absolute Gasteiger partial charge is 0.399 e. The van der Waals surface area contributed by atoms with Crippen LogP contribution in [0.1, 0.15) is 13.8 Å². The molecule has 0 aromatic heterocycles. The summed E-state index contributed by atoms with van der Waals surface area (Å²) in [5, 5.41) is 7.08. The van der Waals surface area contributed by atoms with E-state index in [9.17, 15) is 9.59 Å². The molecule has 6 N–H and O–H groups in total. The first kappa shape index (κ1) is 28.9. The van der Waals surface area contributed by atoms with E-state index in [-0.39, 0.29) is 11.8 Å². The Morgan fingerprint density at radius 3 is 1.36 bits per heavy atom. The van der Waals surface area contributed by atoms with Gasteiger partial charge in [0.05, 0.1) is 31.5 Å². The molecule has 0 bridgehead atoms. The number of anilines is 4. The highest BCUT2D eigenvalue weighted by Gasteiger charge is 2.21. The first-order valence-electron chi connectivity index (χ1n) is 11.4. The van der Waals surface area contributed by atoms with E-state index in [1.165, 1.54) is 25.6 Å². The van der Waals surface area contributed by atoms with Gasteiger partial charge in [-0.05, 0) is 48.5 Å². The van der Waals surface area contributed by atoms with Gasteiger partial charge in [-0.2, -0.15) is 0 Å². The molecule has 4 aromatic carbocycles. The maximum absolute atomic E-state index is 11.9. The average molecular weight is 620 g/mol. The number of nitrogen functional groups attached to an aromatic ring is 2. The predicted octanol–water partition coefficient (Wildman–Crippen LogP) is 8.87. The molecule has 0 atom stereocenters. The lowest BCUT2D eigenvalue weighted by Crippen LogP contribution is -2.08. The summed E-state index contributed by atoms with van der Waals surface area (Å²) in [6.07, 6.45) is 0. The Bertz CT molecular complexity index is 1510. The second kappa shape index (κ2) is 12.0. The van der Waals surface area contributed by atoms with Gasteiger partial charge in [-0.15, -0.1) is 0 Å². The number of nitrogens with one attached hydrogen (secondary N) is 2. The minimum atomic E-state index is -0.263. The molecule has 0 saturated carbocycles. The molecular weight excluding hydrogens is 598 g/mol. The Morgan fingerprint density at radius 1 is 0.641 bits per heavy atom. The molecular formula is C28H22Cl4N4O2S. The maximum atomic E-state index is 11.9. The van der Waals surface area contributed by atoms with Crippen molar-refractivity contribution in [2.45, 2.75) is 23.6 Å². The normalized spacial score (nSPS) is 10.8. The Hall–Kier alpha value is -3.07. The van der Waals surface area contributed by atoms with E-state index in [0.29, 0.717) is 74.9 Å². The van der Waals surface area contributed by atoms with Crippen molar-refractivity contribution >= 4 is 92.7 Å². The first-order valence-corrected chi connectivity index (χ1v) is 13.8. The first-order chi connectivity index (χ1) is 18.5. The molecule has 200 valence electrons. The zero-order chi connectivity index (χ0) is 28.4. The fraction of sp³-hybridized carbons (Fsp3) is 0.0714. The molecule has 4 aromatic rings. The van der Waals surface area contributed by atoms with E-state index in [2.05, 4.69) is 10.6 Å². The second-order valence-electron chi connectivity index (χ2n) is 8.54. The van der Waals surface area contributed by atoms with Crippen LogP contribution < -0.4 is 22.1 Å². The fourth-order valence-electron chi connectivity index (χ4n) is 3.97. The number of amides is 2. The van der Waals surface area contributed by atoms with Crippen LogP contribution in [0.4, 0.5) is 22.7 Å². The van der Waals surface area contributed by atoms with Crippen molar-refractivity contribution < 1.29 is 9.59 Å². The Labute approximate surface area is 250 Å². The standard InChI is InChI=1S/C28H22Cl4N4O2S/c1-13(37)35-21-7-9-23(27(31)25(21)17-5-3-15(33)11-19(17)29)39-24-10-8-22(36-14(2)38)26(28(24)32)18-6-4-16(34)12-20(18)30/h3-12H,33-34H2,1-2H3,(H,35,37)(H,36,38). The van der Waals surface area contributed by atoms with E-state index in [4.69, 9.17) is 57.9 Å². The number of benzene rings is 4. The van der Waals surface area contributed by atoms with Crippen LogP contribution in [0.3, 0.4) is 0 Å². The number of hydrogen-bond acceptors (Lipinski definition) is 5. The molecule has 4 rings (SSSR count). The van der Waals surface area contributed by atoms with Crippen molar-refractivity contribution in [2.75, 3.05) is 22.1 Å². The SMILES string of the molecule is CC(=O)Nc1ccc(Sc2ccc(NC(C)=O)c(-c3ccc(N)cc3Cl)c2Cl)c(Cl)c1-c1ccc(N)cc1Cl. The molecule has 0 aliphatic rings. The summed E-state index contributed by atoms with van der Waals surface area (Å²) in [5.41, 5.74) is 16.0. The lowest BCUT2D eigenvalue weighted by atomic mass is 10.0. The summed E-state index contributed by atoms with van der Waals surface area (Å²) < 4.78 is 0. The number of nitrogens with two attached hydrogens (primary N) is 2. The fourth-order valence-corrected chi connectivity index (χ4v) is 6.20. The molecule has 39 heavy (non-hydrogen) atoms. The highest BCUT2D eigenvalue weighted by molar-refractivity contribution is 7.99. The van der Waals surface area contributed by atoms with Crippen LogP contribution in [0.25, 0.3) is 22.3 Å². The van der Waals surface area contributed by atoms with Crippen LogP contribution >= 0.6 is 58.2 Å². The number of halogens is 4. The third-order valence-electron chi connectivity index (χ3n) is 5.58. The Morgan fingerprint density at radius 2 is 1.03 bits per heavy atom. The molecule has 2 amide bonds. The van der Waals surface area contributed by atoms with Gasteiger partial charge in [0, 0.05) is 57.3 Å². The summed E-state index contributed by atoms with van der Waals surface area (Å²) >= 11 is 28.2. The van der Waals surface area contributed by atoms with Crippen molar-refractivity contribution in [2.24, 2.45) is 0 Å². The molecule has 0 heterocycles. The molecule has 6 nitrogen and oxygen atoms in total. The summed E-state index contributed by atoms with van der Waals surface area (Å²) in [7, 11) is 0. The highest BCUT2D eigenvalue weighted by Crippen LogP contribution is 2.49. The third kappa shape index (κ3) is 6.40. The maximum Gasteiger partial charge on any atom is 0.221 e. The third-order valence-corrected chi connectivity index (χ3v) is 8.33. The minimum absolute atomic E-state index is 0.263. The van der Waals surface area contributed by atoms with Gasteiger partial charge in [-0.1, -0.05) is 70.3 Å². The lowest BCUT2D eigenvalue weighted by Gasteiger charge is -2.19. The van der Waals surface area contributed by atoms with Crippen LogP contribution in [0.15, 0.2) is 70.5 Å². The summed E-state index contributed by atoms with van der Waals surface area (Å²) in [5.74, 6) is -0.526. The Balaban J connectivity index is 1.87. The summed E-state index contributed by atoms with van der Waals surface area (Å²) in [6, 6.07) is 17.2. The van der Waals surface area contributed by atoms with Gasteiger partial charge in [-0.25, -0.2) is 0 Å². The van der Waals surface area contributed by atoms with Crippen molar-refractivity contribution in [3.63, 3.8) is 0 Å². The summed E-state index contributed by atoms with van der Waals surface area (Å²) in [4.78, 5) is 25.1. The number of carbonyl (C=O) groups excluding carboxylic acids is 2. The smallest absolute Gasteiger partial charge is 0.221 e. The van der Waals surface area contributed by atoms with Crippen LogP contribution in [-0.4, -0.2) is 11.8 Å².